The maximum Gasteiger partial charge on any atom is 0.160 e. The van der Waals surface area contributed by atoms with Crippen LogP contribution in [0.25, 0.3) is 5.69 Å². The van der Waals surface area contributed by atoms with E-state index in [2.05, 4.69) is 65.6 Å². The van der Waals surface area contributed by atoms with Gasteiger partial charge in [-0.3, -0.25) is 9.98 Å². The minimum absolute atomic E-state index is 0.0165. The van der Waals surface area contributed by atoms with Crippen LogP contribution in [0.1, 0.15) is 48.1 Å². The SMILES string of the molecule is CC[C@H]1CSC2=N[C@H](c3ccccn3)[C@@H](c3cc(C)n(-c4ccc(OC)cc4)c3C)N21. The van der Waals surface area contributed by atoms with Crippen molar-refractivity contribution >= 4 is 16.9 Å². The van der Waals surface area contributed by atoms with Crippen LogP contribution in [0.15, 0.2) is 59.7 Å². The quantitative estimate of drug-likeness (QED) is 0.536. The number of benzene rings is 1. The van der Waals surface area contributed by atoms with Crippen LogP contribution in [0, 0.1) is 13.8 Å². The number of aliphatic imine (C=N–C) groups is 1. The highest BCUT2D eigenvalue weighted by molar-refractivity contribution is 8.14. The average molecular weight is 433 g/mol. The molecule has 5 rings (SSSR count). The molecule has 0 spiro atoms. The van der Waals surface area contributed by atoms with E-state index in [0.29, 0.717) is 6.04 Å². The third kappa shape index (κ3) is 3.33. The van der Waals surface area contributed by atoms with Crippen LogP contribution in [0.2, 0.25) is 0 Å². The molecule has 2 aromatic heterocycles. The number of pyridine rings is 1. The van der Waals surface area contributed by atoms with Crippen LogP contribution in [-0.2, 0) is 0 Å². The fourth-order valence-electron chi connectivity index (χ4n) is 4.90. The molecule has 0 N–H and O–H groups in total. The van der Waals surface area contributed by atoms with Crippen LogP contribution in [0.4, 0.5) is 0 Å². The molecule has 0 bridgehead atoms. The van der Waals surface area contributed by atoms with Crippen molar-refractivity contribution in [3.63, 3.8) is 0 Å². The Morgan fingerprint density at radius 2 is 1.94 bits per heavy atom. The maximum atomic E-state index is 5.35. The lowest BCUT2D eigenvalue weighted by Gasteiger charge is -2.32. The van der Waals surface area contributed by atoms with Gasteiger partial charge in [-0.2, -0.15) is 0 Å². The van der Waals surface area contributed by atoms with Crippen molar-refractivity contribution in [3.8, 4) is 11.4 Å². The molecule has 3 aromatic rings. The van der Waals surface area contributed by atoms with Gasteiger partial charge >= 0.3 is 0 Å². The van der Waals surface area contributed by atoms with Gasteiger partial charge in [0.1, 0.15) is 11.8 Å². The number of aryl methyl sites for hydroxylation is 1. The zero-order valence-electron chi connectivity index (χ0n) is 18.4. The van der Waals surface area contributed by atoms with Gasteiger partial charge in [-0.1, -0.05) is 24.8 Å². The zero-order valence-corrected chi connectivity index (χ0v) is 19.3. The summed E-state index contributed by atoms with van der Waals surface area (Å²) in [5.74, 6) is 1.98. The number of rotatable bonds is 5. The molecule has 0 amide bonds. The third-order valence-electron chi connectivity index (χ3n) is 6.45. The summed E-state index contributed by atoms with van der Waals surface area (Å²) in [6.45, 7) is 6.69. The number of thioether (sulfide) groups is 1. The predicted octanol–water partition coefficient (Wildman–Crippen LogP) is 5.48. The number of amidine groups is 1. The number of hydrogen-bond donors (Lipinski definition) is 0. The van der Waals surface area contributed by atoms with Crippen LogP contribution >= 0.6 is 11.8 Å². The fourth-order valence-corrected chi connectivity index (χ4v) is 6.24. The van der Waals surface area contributed by atoms with E-state index in [1.54, 1.807) is 7.11 Å². The Balaban J connectivity index is 1.61. The van der Waals surface area contributed by atoms with Gasteiger partial charge in [-0.05, 0) is 68.3 Å². The van der Waals surface area contributed by atoms with Crippen LogP contribution < -0.4 is 4.74 Å². The molecule has 3 atom stereocenters. The lowest BCUT2D eigenvalue weighted by atomic mass is 9.95. The van der Waals surface area contributed by atoms with E-state index in [9.17, 15) is 0 Å². The fraction of sp³-hybridized carbons (Fsp3) is 0.360. The molecular formula is C25H28N4OS. The predicted molar refractivity (Wildman–Crippen MR) is 127 cm³/mol. The molecule has 6 heteroatoms. The highest BCUT2D eigenvalue weighted by atomic mass is 32.2. The maximum absolute atomic E-state index is 5.35. The van der Waals surface area contributed by atoms with Crippen LogP contribution in [0.5, 0.6) is 5.75 Å². The monoisotopic (exact) mass is 432 g/mol. The van der Waals surface area contributed by atoms with E-state index in [1.165, 1.54) is 22.1 Å². The van der Waals surface area contributed by atoms with Gasteiger partial charge in [-0.25, -0.2) is 0 Å². The second-order valence-corrected chi connectivity index (χ2v) is 9.18. The average Bonchev–Trinajstić information content (AvgIpc) is 3.46. The van der Waals surface area contributed by atoms with Gasteiger partial charge in [0.05, 0.1) is 18.8 Å². The molecule has 5 nitrogen and oxygen atoms in total. The number of hydrogen-bond acceptors (Lipinski definition) is 5. The van der Waals surface area contributed by atoms with Crippen LogP contribution in [0.3, 0.4) is 0 Å². The van der Waals surface area contributed by atoms with Gasteiger partial charge in [-0.15, -0.1) is 0 Å². The lowest BCUT2D eigenvalue weighted by Crippen LogP contribution is -2.35. The van der Waals surface area contributed by atoms with Gasteiger partial charge in [0, 0.05) is 35.1 Å². The van der Waals surface area contributed by atoms with Crippen molar-refractivity contribution in [1.82, 2.24) is 14.5 Å². The van der Waals surface area contributed by atoms with E-state index in [0.717, 1.165) is 29.3 Å². The van der Waals surface area contributed by atoms with Crippen molar-refractivity contribution in [2.24, 2.45) is 4.99 Å². The Labute approximate surface area is 188 Å². The van der Waals surface area contributed by atoms with Crippen LogP contribution in [-0.4, -0.2) is 38.5 Å². The van der Waals surface area contributed by atoms with Crippen molar-refractivity contribution < 1.29 is 4.74 Å². The molecule has 0 unspecified atom stereocenters. The Morgan fingerprint density at radius 1 is 1.13 bits per heavy atom. The number of nitrogens with zero attached hydrogens (tertiary/aromatic N) is 4. The topological polar surface area (TPSA) is 42.6 Å². The van der Waals surface area contributed by atoms with E-state index < -0.39 is 0 Å². The first-order valence-corrected chi connectivity index (χ1v) is 11.8. The highest BCUT2D eigenvalue weighted by Gasteiger charge is 2.46. The molecule has 0 radical (unpaired) electrons. The minimum Gasteiger partial charge on any atom is -0.497 e. The van der Waals surface area contributed by atoms with E-state index in [4.69, 9.17) is 9.73 Å². The molecule has 4 heterocycles. The van der Waals surface area contributed by atoms with E-state index in [1.807, 2.05) is 36.2 Å². The van der Waals surface area contributed by atoms with Gasteiger partial charge in [0.15, 0.2) is 5.17 Å². The number of aromatic nitrogens is 2. The molecule has 1 aromatic carbocycles. The molecule has 31 heavy (non-hydrogen) atoms. The minimum atomic E-state index is 0.0165. The zero-order chi connectivity index (χ0) is 21.5. The lowest BCUT2D eigenvalue weighted by molar-refractivity contribution is 0.254. The summed E-state index contributed by atoms with van der Waals surface area (Å²) in [4.78, 5) is 12.4. The van der Waals surface area contributed by atoms with Gasteiger partial charge < -0.3 is 14.2 Å². The first kappa shape index (κ1) is 20.2. The van der Waals surface area contributed by atoms with Crippen molar-refractivity contribution in [2.45, 2.75) is 45.3 Å². The first-order chi connectivity index (χ1) is 15.1. The second-order valence-electron chi connectivity index (χ2n) is 8.20. The van der Waals surface area contributed by atoms with Crippen molar-refractivity contribution in [2.75, 3.05) is 12.9 Å². The third-order valence-corrected chi connectivity index (χ3v) is 7.57. The summed E-state index contributed by atoms with van der Waals surface area (Å²) in [5.41, 5.74) is 6.02. The summed E-state index contributed by atoms with van der Waals surface area (Å²) in [7, 11) is 1.70. The summed E-state index contributed by atoms with van der Waals surface area (Å²) < 4.78 is 7.69. The first-order valence-electron chi connectivity index (χ1n) is 10.9. The molecule has 2 aliphatic heterocycles. The van der Waals surface area contributed by atoms with Gasteiger partial charge in [0.25, 0.3) is 0 Å². The number of ether oxygens (including phenoxy) is 1. The molecule has 0 aliphatic carbocycles. The summed E-state index contributed by atoms with van der Waals surface area (Å²) in [5, 5.41) is 1.17. The Bertz CT molecular complexity index is 1110. The Morgan fingerprint density at radius 3 is 2.61 bits per heavy atom. The standard InChI is InChI=1S/C25H28N4OS/c1-5-18-15-31-25-27-23(22-8-6-7-13-26-22)24(29(18)25)21-14-16(2)28(17(21)3)19-9-11-20(30-4)12-10-19/h6-14,18,23-24H,5,15H2,1-4H3/t18-,23+,24+/m0/s1. The van der Waals surface area contributed by atoms with E-state index >= 15 is 0 Å². The summed E-state index contributed by atoms with van der Waals surface area (Å²) in [6.07, 6.45) is 3.00. The summed E-state index contributed by atoms with van der Waals surface area (Å²) >= 11 is 1.89. The Hall–Kier alpha value is -2.73. The Kier molecular flexibility index (Phi) is 5.26. The highest BCUT2D eigenvalue weighted by Crippen LogP contribution is 2.49. The molecule has 1 fully saturated rings. The molecule has 0 saturated carbocycles. The molecule has 1 saturated heterocycles. The van der Waals surface area contributed by atoms with Crippen molar-refractivity contribution in [3.05, 3.63) is 77.4 Å². The normalized spacial score (nSPS) is 22.5. The van der Waals surface area contributed by atoms with Gasteiger partial charge in [0.2, 0.25) is 0 Å². The molecule has 2 aliphatic rings. The number of methoxy groups -OCH3 is 1. The van der Waals surface area contributed by atoms with Crippen molar-refractivity contribution in [1.29, 1.82) is 0 Å². The summed E-state index contributed by atoms with van der Waals surface area (Å²) in [6, 6.07) is 17.5. The second kappa shape index (κ2) is 8.08. The number of fused-ring (bicyclic) bond motifs is 1. The molecule has 160 valence electrons. The molecular weight excluding hydrogens is 404 g/mol. The smallest absolute Gasteiger partial charge is 0.160 e. The largest absolute Gasteiger partial charge is 0.497 e. The van der Waals surface area contributed by atoms with E-state index in [-0.39, 0.29) is 12.1 Å².